The second kappa shape index (κ2) is 37.7. The first-order valence-corrected chi connectivity index (χ1v) is 21.2. The lowest BCUT2D eigenvalue weighted by Gasteiger charge is -2.18. The van der Waals surface area contributed by atoms with Crippen LogP contribution in [0.4, 0.5) is 0 Å². The summed E-state index contributed by atoms with van der Waals surface area (Å²) in [7, 11) is 0. The molecular formula is C40H78O4S. The van der Waals surface area contributed by atoms with Crippen LogP contribution >= 0.6 is 11.8 Å². The Balaban J connectivity index is 3.97. The number of aliphatic carboxylic acids is 1. The average Bonchev–Trinajstić information content (AvgIpc) is 3.02. The van der Waals surface area contributed by atoms with E-state index in [1.807, 2.05) is 0 Å². The minimum atomic E-state index is -0.776. The van der Waals surface area contributed by atoms with Crippen molar-refractivity contribution in [2.24, 2.45) is 0 Å². The highest BCUT2D eigenvalue weighted by Gasteiger charge is 2.14. The molecule has 0 aromatic heterocycles. The maximum absolute atomic E-state index is 12.5. The Kier molecular flexibility index (Phi) is 37.1. The summed E-state index contributed by atoms with van der Waals surface area (Å²) in [5, 5.41) is 8.79. The Hall–Kier alpha value is -0.710. The number of carboxylic acid groups (broad SMARTS) is 1. The Bertz CT molecular complexity index is 611. The molecular weight excluding hydrogens is 577 g/mol. The van der Waals surface area contributed by atoms with Crippen LogP contribution in [0, 0.1) is 0 Å². The zero-order valence-corrected chi connectivity index (χ0v) is 31.2. The summed E-state index contributed by atoms with van der Waals surface area (Å²) in [6, 6.07) is 0. The highest BCUT2D eigenvalue weighted by atomic mass is 32.2. The maximum atomic E-state index is 12.5. The minimum Gasteiger partial charge on any atom is -0.481 e. The lowest BCUT2D eigenvalue weighted by atomic mass is 10.0. The Labute approximate surface area is 285 Å². The standard InChI is InChI=1S/C40H78O4S/c1-3-5-7-9-11-13-15-17-19-21-23-25-27-29-31-33-38(44-40(43)35-37-45-36-34-39(41)42)32-30-28-26-24-22-20-18-16-14-12-10-8-6-4-2/h38H,3-37H2,1-2H3,(H,41,42). The molecule has 0 saturated carbocycles. The van der Waals surface area contributed by atoms with E-state index in [2.05, 4.69) is 13.8 Å². The largest absolute Gasteiger partial charge is 0.481 e. The molecule has 4 nitrogen and oxygen atoms in total. The normalized spacial score (nSPS) is 12.0. The maximum Gasteiger partial charge on any atom is 0.306 e. The van der Waals surface area contributed by atoms with Gasteiger partial charge in [0.15, 0.2) is 0 Å². The van der Waals surface area contributed by atoms with Gasteiger partial charge in [0.25, 0.3) is 0 Å². The van der Waals surface area contributed by atoms with Crippen LogP contribution in [0.15, 0.2) is 0 Å². The third-order valence-electron chi connectivity index (χ3n) is 9.22. The van der Waals surface area contributed by atoms with Gasteiger partial charge in [-0.05, 0) is 25.7 Å². The molecule has 0 saturated heterocycles. The molecule has 0 rings (SSSR count). The van der Waals surface area contributed by atoms with Gasteiger partial charge >= 0.3 is 11.9 Å². The third kappa shape index (κ3) is 37.6. The van der Waals surface area contributed by atoms with Gasteiger partial charge in [-0.2, -0.15) is 11.8 Å². The Morgan fingerprint density at radius 1 is 0.467 bits per heavy atom. The molecule has 1 atom stereocenters. The molecule has 1 N–H and O–H groups in total. The van der Waals surface area contributed by atoms with Crippen molar-refractivity contribution in [2.45, 2.75) is 232 Å². The quantitative estimate of drug-likeness (QED) is 0.0530. The fourth-order valence-electron chi connectivity index (χ4n) is 6.23. The van der Waals surface area contributed by atoms with E-state index in [9.17, 15) is 9.59 Å². The highest BCUT2D eigenvalue weighted by Crippen LogP contribution is 2.19. The molecule has 268 valence electrons. The third-order valence-corrected chi connectivity index (χ3v) is 10.2. The van der Waals surface area contributed by atoms with Crippen molar-refractivity contribution in [3.63, 3.8) is 0 Å². The van der Waals surface area contributed by atoms with Gasteiger partial charge in [0.1, 0.15) is 6.10 Å². The van der Waals surface area contributed by atoms with E-state index in [1.54, 1.807) is 0 Å². The van der Waals surface area contributed by atoms with Gasteiger partial charge in [0, 0.05) is 11.5 Å². The van der Waals surface area contributed by atoms with Crippen LogP contribution in [-0.2, 0) is 14.3 Å². The van der Waals surface area contributed by atoms with Crippen LogP contribution in [0.2, 0.25) is 0 Å². The zero-order valence-electron chi connectivity index (χ0n) is 30.4. The molecule has 1 unspecified atom stereocenters. The van der Waals surface area contributed by atoms with E-state index in [1.165, 1.54) is 185 Å². The first-order chi connectivity index (χ1) is 22.1. The molecule has 0 amide bonds. The monoisotopic (exact) mass is 655 g/mol. The summed E-state index contributed by atoms with van der Waals surface area (Å²) in [6.45, 7) is 4.57. The summed E-state index contributed by atoms with van der Waals surface area (Å²) in [6.07, 6.45) is 42.1. The number of ether oxygens (including phenoxy) is 1. The Morgan fingerprint density at radius 3 is 1.07 bits per heavy atom. The summed E-state index contributed by atoms with van der Waals surface area (Å²) in [4.78, 5) is 23.2. The van der Waals surface area contributed by atoms with Crippen molar-refractivity contribution in [1.29, 1.82) is 0 Å². The number of esters is 1. The predicted molar refractivity (Wildman–Crippen MR) is 199 cm³/mol. The number of unbranched alkanes of at least 4 members (excludes halogenated alkanes) is 27. The van der Waals surface area contributed by atoms with Crippen LogP contribution in [-0.4, -0.2) is 34.7 Å². The van der Waals surface area contributed by atoms with Gasteiger partial charge in [-0.3, -0.25) is 9.59 Å². The second-order valence-corrected chi connectivity index (χ2v) is 15.0. The summed E-state index contributed by atoms with van der Waals surface area (Å²) in [5.41, 5.74) is 0. The van der Waals surface area contributed by atoms with Gasteiger partial charge in [-0.15, -0.1) is 0 Å². The smallest absolute Gasteiger partial charge is 0.306 e. The number of thioether (sulfide) groups is 1. The van der Waals surface area contributed by atoms with Crippen LogP contribution in [0.5, 0.6) is 0 Å². The molecule has 5 heteroatoms. The van der Waals surface area contributed by atoms with Crippen molar-refractivity contribution in [2.75, 3.05) is 11.5 Å². The van der Waals surface area contributed by atoms with E-state index < -0.39 is 5.97 Å². The molecule has 0 aromatic rings. The van der Waals surface area contributed by atoms with E-state index in [0.717, 1.165) is 25.7 Å². The van der Waals surface area contributed by atoms with Crippen LogP contribution in [0.25, 0.3) is 0 Å². The van der Waals surface area contributed by atoms with Crippen molar-refractivity contribution >= 4 is 23.7 Å². The van der Waals surface area contributed by atoms with Crippen LogP contribution < -0.4 is 0 Å². The summed E-state index contributed by atoms with van der Waals surface area (Å²) >= 11 is 1.53. The lowest BCUT2D eigenvalue weighted by Crippen LogP contribution is -2.19. The molecule has 0 bridgehead atoms. The molecule has 0 aliphatic heterocycles. The van der Waals surface area contributed by atoms with Gasteiger partial charge in [0.2, 0.25) is 0 Å². The fraction of sp³-hybridized carbons (Fsp3) is 0.950. The molecule has 0 aliphatic rings. The summed E-state index contributed by atoms with van der Waals surface area (Å²) < 4.78 is 5.94. The molecule has 0 aliphatic carbocycles. The Morgan fingerprint density at radius 2 is 0.756 bits per heavy atom. The molecule has 0 radical (unpaired) electrons. The van der Waals surface area contributed by atoms with Crippen LogP contribution in [0.1, 0.15) is 226 Å². The number of carbonyl (C=O) groups is 2. The van der Waals surface area contributed by atoms with Gasteiger partial charge < -0.3 is 9.84 Å². The van der Waals surface area contributed by atoms with E-state index in [0.29, 0.717) is 17.9 Å². The van der Waals surface area contributed by atoms with Gasteiger partial charge in [0.05, 0.1) is 12.8 Å². The van der Waals surface area contributed by atoms with E-state index in [-0.39, 0.29) is 18.5 Å². The topological polar surface area (TPSA) is 63.6 Å². The number of rotatable bonds is 38. The molecule has 0 spiro atoms. The SMILES string of the molecule is CCCCCCCCCCCCCCCCCC(CCCCCCCCCCCCCCCC)OC(=O)CCSCCC(=O)O. The van der Waals surface area contributed by atoms with E-state index in [4.69, 9.17) is 9.84 Å². The molecule has 0 aromatic carbocycles. The van der Waals surface area contributed by atoms with Crippen molar-refractivity contribution < 1.29 is 19.4 Å². The molecule has 0 fully saturated rings. The fourth-order valence-corrected chi connectivity index (χ4v) is 7.07. The number of hydrogen-bond acceptors (Lipinski definition) is 4. The lowest BCUT2D eigenvalue weighted by molar-refractivity contribution is -0.149. The number of carbonyl (C=O) groups excluding carboxylic acids is 1. The van der Waals surface area contributed by atoms with Crippen molar-refractivity contribution in [1.82, 2.24) is 0 Å². The zero-order chi connectivity index (χ0) is 32.9. The average molecular weight is 655 g/mol. The van der Waals surface area contributed by atoms with Crippen LogP contribution in [0.3, 0.4) is 0 Å². The first-order valence-electron chi connectivity index (χ1n) is 20.1. The molecule has 0 heterocycles. The van der Waals surface area contributed by atoms with E-state index >= 15 is 0 Å². The minimum absolute atomic E-state index is 0.0563. The van der Waals surface area contributed by atoms with Crippen molar-refractivity contribution in [3.8, 4) is 0 Å². The number of carboxylic acids is 1. The number of hydrogen-bond donors (Lipinski definition) is 1. The molecule has 45 heavy (non-hydrogen) atoms. The predicted octanol–water partition coefficient (Wildman–Crippen LogP) is 13.6. The summed E-state index contributed by atoms with van der Waals surface area (Å²) in [5.74, 6) is 0.330. The van der Waals surface area contributed by atoms with Gasteiger partial charge in [-0.25, -0.2) is 0 Å². The second-order valence-electron chi connectivity index (χ2n) is 13.7. The van der Waals surface area contributed by atoms with Gasteiger partial charge in [-0.1, -0.05) is 187 Å². The highest BCUT2D eigenvalue weighted by molar-refractivity contribution is 7.99. The van der Waals surface area contributed by atoms with Crippen molar-refractivity contribution in [3.05, 3.63) is 0 Å². The first kappa shape index (κ1) is 44.3.